The average molecular weight is 877 g/mol. The van der Waals surface area contributed by atoms with Crippen molar-refractivity contribution in [3.8, 4) is 9.75 Å². The smallest absolute Gasteiger partial charge is 0.305 e. The molecule has 6 aromatic carbocycles. The second-order valence-corrected chi connectivity index (χ2v) is 17.3. The number of carbonyl (C=O) groups is 2. The number of benzene rings is 6. The standard InChI is InChI=1S/C56H48N2O4S2/c1-61-55(59)39-23-43-17-29-49(30-18-43)57(45-9-5-3-6-10-45)47-25-13-41(14-26-47)21-33-51-35-37-53(63-51)54-38-36-52(64-54)34-22-42-15-27-48(28-16-42)58(46-11-7-4-8-12-46)50-31-19-44(20-32-50)24-40-56(60)62-2/h3-22,25-38H,23-24,39-40H2,1-2H3. The fourth-order valence-corrected chi connectivity index (χ4v) is 9.26. The van der Waals surface area contributed by atoms with Gasteiger partial charge in [-0.15, -0.1) is 22.7 Å². The van der Waals surface area contributed by atoms with Crippen molar-refractivity contribution in [2.75, 3.05) is 24.0 Å². The molecular formula is C56H48N2O4S2. The van der Waals surface area contributed by atoms with Gasteiger partial charge in [0.1, 0.15) is 0 Å². The van der Waals surface area contributed by atoms with Crippen LogP contribution in [-0.2, 0) is 31.9 Å². The van der Waals surface area contributed by atoms with Crippen molar-refractivity contribution < 1.29 is 19.1 Å². The zero-order valence-corrected chi connectivity index (χ0v) is 37.4. The van der Waals surface area contributed by atoms with E-state index >= 15 is 0 Å². The van der Waals surface area contributed by atoms with Gasteiger partial charge in [-0.05, 0) is 144 Å². The van der Waals surface area contributed by atoms with Crippen LogP contribution in [0, 0.1) is 0 Å². The largest absolute Gasteiger partial charge is 0.469 e. The van der Waals surface area contributed by atoms with Crippen molar-refractivity contribution in [3.05, 3.63) is 214 Å². The fraction of sp³-hybridized carbons (Fsp3) is 0.107. The Bertz CT molecular complexity index is 2610. The van der Waals surface area contributed by atoms with Crippen LogP contribution in [0.5, 0.6) is 0 Å². The summed E-state index contributed by atoms with van der Waals surface area (Å²) in [4.78, 5) is 32.7. The molecule has 0 aliphatic heterocycles. The number of methoxy groups -OCH3 is 2. The molecule has 8 heteroatoms. The number of hydrogen-bond donors (Lipinski definition) is 0. The fourth-order valence-electron chi connectivity index (χ4n) is 7.34. The zero-order valence-electron chi connectivity index (χ0n) is 35.8. The van der Waals surface area contributed by atoms with E-state index in [1.807, 2.05) is 12.1 Å². The van der Waals surface area contributed by atoms with E-state index in [2.05, 4.69) is 204 Å². The summed E-state index contributed by atoms with van der Waals surface area (Å²) in [6, 6.07) is 63.5. The molecule has 0 saturated heterocycles. The van der Waals surface area contributed by atoms with Crippen LogP contribution in [-0.4, -0.2) is 26.2 Å². The highest BCUT2D eigenvalue weighted by Gasteiger charge is 2.15. The molecule has 2 heterocycles. The zero-order chi connectivity index (χ0) is 44.1. The highest BCUT2D eigenvalue weighted by molar-refractivity contribution is 7.23. The number of anilines is 6. The van der Waals surface area contributed by atoms with Gasteiger partial charge in [0.2, 0.25) is 0 Å². The molecule has 6 nitrogen and oxygen atoms in total. The quantitative estimate of drug-likeness (QED) is 0.0850. The van der Waals surface area contributed by atoms with Gasteiger partial charge in [0.05, 0.1) is 14.2 Å². The molecule has 0 radical (unpaired) electrons. The molecule has 0 spiro atoms. The van der Waals surface area contributed by atoms with Crippen LogP contribution in [0.15, 0.2) is 182 Å². The van der Waals surface area contributed by atoms with E-state index in [-0.39, 0.29) is 11.9 Å². The first-order chi connectivity index (χ1) is 31.4. The Morgan fingerprint density at radius 2 is 0.734 bits per heavy atom. The Hall–Kier alpha value is -7.26. The van der Waals surface area contributed by atoms with Crippen LogP contribution in [0.2, 0.25) is 0 Å². The van der Waals surface area contributed by atoms with Crippen LogP contribution in [0.3, 0.4) is 0 Å². The molecule has 64 heavy (non-hydrogen) atoms. The lowest BCUT2D eigenvalue weighted by Crippen LogP contribution is -2.10. The van der Waals surface area contributed by atoms with E-state index in [0.29, 0.717) is 25.7 Å². The van der Waals surface area contributed by atoms with Crippen LogP contribution in [0.1, 0.15) is 44.8 Å². The topological polar surface area (TPSA) is 59.1 Å². The van der Waals surface area contributed by atoms with Crippen molar-refractivity contribution in [1.29, 1.82) is 0 Å². The molecule has 0 N–H and O–H groups in total. The summed E-state index contributed by atoms with van der Waals surface area (Å²) in [5.41, 5.74) is 10.8. The Labute approximate surface area is 383 Å². The predicted molar refractivity (Wildman–Crippen MR) is 268 cm³/mol. The molecule has 8 rings (SSSR count). The summed E-state index contributed by atoms with van der Waals surface area (Å²) >= 11 is 3.58. The van der Waals surface area contributed by atoms with E-state index in [0.717, 1.165) is 56.4 Å². The molecule has 0 amide bonds. The summed E-state index contributed by atoms with van der Waals surface area (Å²) in [6.07, 6.45) is 10.7. The predicted octanol–water partition coefficient (Wildman–Crippen LogP) is 15.0. The molecule has 0 fully saturated rings. The Morgan fingerprint density at radius 1 is 0.406 bits per heavy atom. The molecule has 318 valence electrons. The number of hydrogen-bond acceptors (Lipinski definition) is 8. The summed E-state index contributed by atoms with van der Waals surface area (Å²) in [7, 11) is 2.85. The van der Waals surface area contributed by atoms with Gasteiger partial charge in [0.15, 0.2) is 0 Å². The van der Waals surface area contributed by atoms with Crippen LogP contribution < -0.4 is 9.80 Å². The van der Waals surface area contributed by atoms with Crippen LogP contribution >= 0.6 is 22.7 Å². The third-order valence-corrected chi connectivity index (χ3v) is 13.1. The number of rotatable bonds is 17. The Morgan fingerprint density at radius 3 is 1.08 bits per heavy atom. The van der Waals surface area contributed by atoms with E-state index < -0.39 is 0 Å². The van der Waals surface area contributed by atoms with Gasteiger partial charge in [-0.1, -0.05) is 97.1 Å². The van der Waals surface area contributed by atoms with Gasteiger partial charge in [-0.25, -0.2) is 0 Å². The average Bonchev–Trinajstić information content (AvgIpc) is 4.04. The lowest BCUT2D eigenvalue weighted by atomic mass is 10.1. The maximum absolute atomic E-state index is 11.7. The third kappa shape index (κ3) is 11.2. The third-order valence-electron chi connectivity index (χ3n) is 10.8. The second kappa shape index (κ2) is 21.2. The lowest BCUT2D eigenvalue weighted by molar-refractivity contribution is -0.141. The second-order valence-electron chi connectivity index (χ2n) is 15.1. The minimum atomic E-state index is -0.201. The molecule has 0 saturated carbocycles. The SMILES string of the molecule is COC(=O)CCc1ccc(N(c2ccccc2)c2ccc(C=Cc3ccc(-c4ccc(C=Cc5ccc(N(c6ccccc6)c6ccc(CCC(=O)OC)cc6)cc5)s4)s3)cc2)cc1. The minimum absolute atomic E-state index is 0.201. The molecule has 0 atom stereocenters. The van der Waals surface area contributed by atoms with Gasteiger partial charge in [-0.3, -0.25) is 9.59 Å². The number of carbonyl (C=O) groups excluding carboxylic acids is 2. The van der Waals surface area contributed by atoms with Gasteiger partial charge in [0, 0.05) is 66.5 Å². The molecular weight excluding hydrogens is 829 g/mol. The molecule has 0 aliphatic rings. The molecule has 2 aromatic heterocycles. The number of para-hydroxylation sites is 2. The van der Waals surface area contributed by atoms with E-state index in [1.165, 1.54) is 33.7 Å². The summed E-state index contributed by atoms with van der Waals surface area (Å²) in [6.45, 7) is 0. The molecule has 0 bridgehead atoms. The highest BCUT2D eigenvalue weighted by Crippen LogP contribution is 2.38. The van der Waals surface area contributed by atoms with Crippen molar-refractivity contribution in [3.63, 3.8) is 0 Å². The van der Waals surface area contributed by atoms with Crippen molar-refractivity contribution in [2.24, 2.45) is 0 Å². The number of ether oxygens (including phenoxy) is 2. The maximum Gasteiger partial charge on any atom is 0.305 e. The van der Waals surface area contributed by atoms with Gasteiger partial charge in [-0.2, -0.15) is 0 Å². The first kappa shape index (κ1) is 43.4. The highest BCUT2D eigenvalue weighted by atomic mass is 32.1. The number of nitrogens with zero attached hydrogens (tertiary/aromatic N) is 2. The lowest BCUT2D eigenvalue weighted by Gasteiger charge is -2.25. The maximum atomic E-state index is 11.7. The Kier molecular flexibility index (Phi) is 14.4. The van der Waals surface area contributed by atoms with E-state index in [9.17, 15) is 9.59 Å². The number of aryl methyl sites for hydroxylation is 2. The molecule has 0 aliphatic carbocycles. The van der Waals surface area contributed by atoms with Crippen LogP contribution in [0.25, 0.3) is 34.1 Å². The first-order valence-electron chi connectivity index (χ1n) is 21.2. The normalized spacial score (nSPS) is 11.2. The van der Waals surface area contributed by atoms with E-state index in [1.54, 1.807) is 22.7 Å². The van der Waals surface area contributed by atoms with Crippen molar-refractivity contribution in [2.45, 2.75) is 25.7 Å². The number of thiophene rings is 2. The van der Waals surface area contributed by atoms with Crippen LogP contribution in [0.4, 0.5) is 34.1 Å². The summed E-state index contributed by atoms with van der Waals surface area (Å²) in [5.74, 6) is -0.402. The first-order valence-corrected chi connectivity index (χ1v) is 22.8. The monoisotopic (exact) mass is 876 g/mol. The van der Waals surface area contributed by atoms with Gasteiger partial charge >= 0.3 is 11.9 Å². The van der Waals surface area contributed by atoms with Gasteiger partial charge in [0.25, 0.3) is 0 Å². The molecule has 8 aromatic rings. The minimum Gasteiger partial charge on any atom is -0.469 e. The summed E-state index contributed by atoms with van der Waals surface area (Å²) < 4.78 is 9.63. The summed E-state index contributed by atoms with van der Waals surface area (Å²) in [5, 5.41) is 0. The van der Waals surface area contributed by atoms with E-state index in [4.69, 9.17) is 9.47 Å². The Balaban J connectivity index is 0.904. The number of esters is 2. The van der Waals surface area contributed by atoms with Crippen molar-refractivity contribution in [1.82, 2.24) is 0 Å². The molecule has 0 unspecified atom stereocenters. The van der Waals surface area contributed by atoms with Crippen molar-refractivity contribution >= 4 is 93.0 Å². The van der Waals surface area contributed by atoms with Gasteiger partial charge < -0.3 is 19.3 Å².